The minimum Gasteiger partial charge on any atom is -0.338 e. The molecule has 2 atom stereocenters. The van der Waals surface area contributed by atoms with E-state index in [-0.39, 0.29) is 17.6 Å². The van der Waals surface area contributed by atoms with Gasteiger partial charge in [-0.2, -0.15) is 0 Å². The first-order valence-corrected chi connectivity index (χ1v) is 12.3. The molecule has 34 heavy (non-hydrogen) atoms. The summed E-state index contributed by atoms with van der Waals surface area (Å²) in [5, 5.41) is 4.20. The minimum atomic E-state index is 0.104. The van der Waals surface area contributed by atoms with Gasteiger partial charge in [-0.25, -0.2) is 14.6 Å². The zero-order valence-corrected chi connectivity index (χ0v) is 19.6. The summed E-state index contributed by atoms with van der Waals surface area (Å²) in [5.41, 5.74) is 11.7. The number of benzene rings is 1. The van der Waals surface area contributed by atoms with Crippen LogP contribution >= 0.6 is 0 Å². The number of anilines is 1. The first-order chi connectivity index (χ1) is 16.6. The Kier molecular flexibility index (Phi) is 5.34. The van der Waals surface area contributed by atoms with E-state index in [2.05, 4.69) is 50.0 Å². The van der Waals surface area contributed by atoms with Crippen molar-refractivity contribution >= 4 is 16.9 Å². The maximum absolute atomic E-state index is 13.1. The second-order valence-corrected chi connectivity index (χ2v) is 9.62. The highest BCUT2D eigenvalue weighted by molar-refractivity contribution is 5.84. The highest BCUT2D eigenvalue weighted by atomic mass is 16.1. The molecule has 0 amide bonds. The van der Waals surface area contributed by atoms with Crippen molar-refractivity contribution in [3.63, 3.8) is 0 Å². The van der Waals surface area contributed by atoms with Gasteiger partial charge < -0.3 is 16.0 Å². The van der Waals surface area contributed by atoms with Gasteiger partial charge in [0.1, 0.15) is 0 Å². The van der Waals surface area contributed by atoms with E-state index in [9.17, 15) is 4.79 Å². The molecule has 1 fully saturated rings. The van der Waals surface area contributed by atoms with E-state index < -0.39 is 0 Å². The molecule has 0 saturated carbocycles. The number of nitrogens with zero attached hydrogens (tertiary/aromatic N) is 5. The Bertz CT molecular complexity index is 1350. The highest BCUT2D eigenvalue weighted by Crippen LogP contribution is 2.36. The monoisotopic (exact) mass is 457 g/mol. The van der Waals surface area contributed by atoms with E-state index in [1.165, 1.54) is 11.1 Å². The fourth-order valence-electron chi connectivity index (χ4n) is 5.65. The molecule has 2 aromatic heterocycles. The number of piperazine rings is 1. The number of hydrogen-bond acceptors (Lipinski definition) is 6. The lowest BCUT2D eigenvalue weighted by molar-refractivity contribution is 0.459. The molecule has 8 heteroatoms. The molecule has 3 aromatic rings. The third kappa shape index (κ3) is 3.58. The van der Waals surface area contributed by atoms with Crippen LogP contribution in [0.15, 0.2) is 58.7 Å². The molecule has 1 saturated heterocycles. The summed E-state index contributed by atoms with van der Waals surface area (Å²) in [6.07, 6.45) is 11.5. The molecular formula is C26H31N7O. The van der Waals surface area contributed by atoms with Crippen LogP contribution in [0.3, 0.4) is 0 Å². The molecule has 176 valence electrons. The maximum Gasteiger partial charge on any atom is 0.274 e. The van der Waals surface area contributed by atoms with Crippen LogP contribution in [0.25, 0.3) is 22.0 Å². The van der Waals surface area contributed by atoms with E-state index in [0.29, 0.717) is 6.54 Å². The van der Waals surface area contributed by atoms with Crippen molar-refractivity contribution < 1.29 is 0 Å². The van der Waals surface area contributed by atoms with Crippen LogP contribution in [0.2, 0.25) is 0 Å². The topological polar surface area (TPSA) is 94.0 Å². The fraction of sp³-hybridized carbons (Fsp3) is 0.423. The van der Waals surface area contributed by atoms with Crippen LogP contribution in [0.5, 0.6) is 0 Å². The number of allylic oxidation sites excluding steroid dienone is 4. The van der Waals surface area contributed by atoms with Gasteiger partial charge in [-0.3, -0.25) is 9.48 Å². The van der Waals surface area contributed by atoms with E-state index in [0.717, 1.165) is 73.4 Å². The summed E-state index contributed by atoms with van der Waals surface area (Å²) in [6.45, 7) is 6.09. The Morgan fingerprint density at radius 3 is 2.82 bits per heavy atom. The average Bonchev–Trinajstić information content (AvgIpc) is 3.44. The zero-order chi connectivity index (χ0) is 23.2. The quantitative estimate of drug-likeness (QED) is 0.626. The second kappa shape index (κ2) is 8.52. The predicted octanol–water partition coefficient (Wildman–Crippen LogP) is 2.61. The molecule has 0 spiro atoms. The van der Waals surface area contributed by atoms with Gasteiger partial charge in [0.05, 0.1) is 16.9 Å². The standard InChI is InChI=1S/C26H31N7O/c1-17-3-2-4-19(11-17)23-7-9-32-25(34)22-6-5-18(12-24(22)33(23)32)20-14-29-26(30-15-20)31-10-8-28-21(13-27)16-31/h3,5-6,11-12,14-15,21,23,28H,2,4,7-10,13,16,27H2,1H3/t21?,23-/m1/s1. The van der Waals surface area contributed by atoms with Gasteiger partial charge in [0, 0.05) is 56.7 Å². The van der Waals surface area contributed by atoms with Crippen molar-refractivity contribution in [2.24, 2.45) is 5.73 Å². The molecule has 4 heterocycles. The Labute approximate surface area is 198 Å². The van der Waals surface area contributed by atoms with Crippen LogP contribution < -0.4 is 21.5 Å². The molecule has 6 rings (SSSR count). The number of nitrogens with two attached hydrogens (primary N) is 1. The zero-order valence-electron chi connectivity index (χ0n) is 19.6. The van der Waals surface area contributed by atoms with E-state index in [1.807, 2.05) is 29.2 Å². The Balaban J connectivity index is 1.34. The molecule has 1 unspecified atom stereocenters. The normalized spacial score (nSPS) is 22.6. The molecule has 1 aromatic carbocycles. The summed E-state index contributed by atoms with van der Waals surface area (Å²) in [5.74, 6) is 0.735. The maximum atomic E-state index is 13.1. The van der Waals surface area contributed by atoms with Crippen molar-refractivity contribution in [1.29, 1.82) is 0 Å². The van der Waals surface area contributed by atoms with Crippen LogP contribution in [-0.2, 0) is 6.54 Å². The largest absolute Gasteiger partial charge is 0.338 e. The Morgan fingerprint density at radius 1 is 1.18 bits per heavy atom. The van der Waals surface area contributed by atoms with E-state index >= 15 is 0 Å². The van der Waals surface area contributed by atoms with Gasteiger partial charge in [-0.15, -0.1) is 0 Å². The first kappa shape index (κ1) is 21.3. The van der Waals surface area contributed by atoms with Gasteiger partial charge in [0.2, 0.25) is 5.95 Å². The minimum absolute atomic E-state index is 0.104. The molecule has 3 N–H and O–H groups in total. The van der Waals surface area contributed by atoms with Crippen LogP contribution in [0.1, 0.15) is 32.2 Å². The van der Waals surface area contributed by atoms with Gasteiger partial charge in [0.25, 0.3) is 5.56 Å². The summed E-state index contributed by atoms with van der Waals surface area (Å²) in [7, 11) is 0. The lowest BCUT2D eigenvalue weighted by atomic mass is 9.93. The van der Waals surface area contributed by atoms with Crippen molar-refractivity contribution in [2.45, 2.75) is 44.8 Å². The van der Waals surface area contributed by atoms with Crippen molar-refractivity contribution in [3.8, 4) is 11.1 Å². The summed E-state index contributed by atoms with van der Waals surface area (Å²) in [4.78, 5) is 24.6. The number of fused-ring (bicyclic) bond motifs is 3. The molecule has 2 aliphatic heterocycles. The lowest BCUT2D eigenvalue weighted by Gasteiger charge is -2.33. The molecule has 8 nitrogen and oxygen atoms in total. The van der Waals surface area contributed by atoms with Crippen LogP contribution in [-0.4, -0.2) is 51.6 Å². The van der Waals surface area contributed by atoms with Crippen molar-refractivity contribution in [3.05, 3.63) is 64.2 Å². The molecule has 0 bridgehead atoms. The van der Waals surface area contributed by atoms with Gasteiger partial charge in [-0.1, -0.05) is 23.8 Å². The van der Waals surface area contributed by atoms with Gasteiger partial charge in [0.15, 0.2) is 0 Å². The fourth-order valence-corrected chi connectivity index (χ4v) is 5.65. The second-order valence-electron chi connectivity index (χ2n) is 9.62. The van der Waals surface area contributed by atoms with Gasteiger partial charge >= 0.3 is 0 Å². The van der Waals surface area contributed by atoms with Crippen molar-refractivity contribution in [1.82, 2.24) is 24.6 Å². The number of aromatic nitrogens is 4. The van der Waals surface area contributed by atoms with E-state index in [1.54, 1.807) is 0 Å². The molecule has 0 radical (unpaired) electrons. The number of nitrogens with one attached hydrogen (secondary N) is 1. The molecule has 3 aliphatic rings. The average molecular weight is 458 g/mol. The Hall–Kier alpha value is -3.23. The number of hydrogen-bond donors (Lipinski definition) is 2. The van der Waals surface area contributed by atoms with Crippen LogP contribution in [0, 0.1) is 0 Å². The van der Waals surface area contributed by atoms with Crippen LogP contribution in [0.4, 0.5) is 5.95 Å². The third-order valence-corrected chi connectivity index (χ3v) is 7.41. The molecular weight excluding hydrogens is 426 g/mol. The highest BCUT2D eigenvalue weighted by Gasteiger charge is 2.29. The number of rotatable bonds is 4. The summed E-state index contributed by atoms with van der Waals surface area (Å²) in [6, 6.07) is 6.60. The van der Waals surface area contributed by atoms with E-state index in [4.69, 9.17) is 5.73 Å². The van der Waals surface area contributed by atoms with Crippen molar-refractivity contribution in [2.75, 3.05) is 31.1 Å². The molecule has 1 aliphatic carbocycles. The van der Waals surface area contributed by atoms with Gasteiger partial charge in [-0.05, 0) is 49.5 Å². The SMILES string of the molecule is CC1=CCCC([C@H]2CCn3c(=O)c4ccc(-c5cnc(N6CCNC(CN)C6)nc5)cc4n32)=C1. The Morgan fingerprint density at radius 2 is 2.03 bits per heavy atom. The first-order valence-electron chi connectivity index (χ1n) is 12.3. The summed E-state index contributed by atoms with van der Waals surface area (Å²) >= 11 is 0. The summed E-state index contributed by atoms with van der Waals surface area (Å²) < 4.78 is 4.15. The lowest BCUT2D eigenvalue weighted by Crippen LogP contribution is -2.54. The third-order valence-electron chi connectivity index (χ3n) is 7.41. The smallest absolute Gasteiger partial charge is 0.274 e. The predicted molar refractivity (Wildman–Crippen MR) is 135 cm³/mol.